The second kappa shape index (κ2) is 15.8. The van der Waals surface area contributed by atoms with E-state index in [1.165, 1.54) is 50.6 Å². The van der Waals surface area contributed by atoms with Crippen LogP contribution in [0.2, 0.25) is 0 Å². The van der Waals surface area contributed by atoms with Gasteiger partial charge in [-0.05, 0) is 73.9 Å². The van der Waals surface area contributed by atoms with E-state index in [1.54, 1.807) is 19.1 Å². The Morgan fingerprint density at radius 2 is 1.65 bits per heavy atom. The Morgan fingerprint density at radius 3 is 2.25 bits per heavy atom. The molecule has 0 unspecified atom stereocenters. The Morgan fingerprint density at radius 1 is 0.979 bits per heavy atom. The molecular weight excluding hydrogens is 665 g/mol. The summed E-state index contributed by atoms with van der Waals surface area (Å²) in [5.74, 6) is -0.338. The molecule has 1 aliphatic heterocycles. The molecule has 0 aliphatic carbocycles. The number of benzene rings is 3. The van der Waals surface area contributed by atoms with Crippen LogP contribution >= 0.6 is 0 Å². The summed E-state index contributed by atoms with van der Waals surface area (Å²) in [7, 11) is -4.96. The van der Waals surface area contributed by atoms with E-state index in [2.05, 4.69) is 14.9 Å². The summed E-state index contributed by atoms with van der Waals surface area (Å²) in [4.78, 5) is 14.6. The number of aromatic hydroxyl groups is 1. The number of phenols is 1. The molecule has 4 rings (SSSR count). The zero-order valence-electron chi connectivity index (χ0n) is 27.2. The Labute approximate surface area is 281 Å². The van der Waals surface area contributed by atoms with Gasteiger partial charge >= 0.3 is 5.97 Å². The van der Waals surface area contributed by atoms with Crippen molar-refractivity contribution in [2.45, 2.75) is 36.8 Å². The summed E-state index contributed by atoms with van der Waals surface area (Å²) >= 11 is 0. The van der Waals surface area contributed by atoms with Crippen LogP contribution < -0.4 is 28.7 Å². The molecule has 4 N–H and O–H groups in total. The first-order valence-electron chi connectivity index (χ1n) is 15.2. The molecule has 48 heavy (non-hydrogen) atoms. The highest BCUT2D eigenvalue weighted by molar-refractivity contribution is 7.93. The quantitative estimate of drug-likeness (QED) is 0.134. The van der Waals surface area contributed by atoms with E-state index in [0.717, 1.165) is 29.1 Å². The van der Waals surface area contributed by atoms with Crippen LogP contribution in [0.1, 0.15) is 31.4 Å². The van der Waals surface area contributed by atoms with Crippen molar-refractivity contribution >= 4 is 43.1 Å². The van der Waals surface area contributed by atoms with Crippen LogP contribution in [0.4, 0.5) is 17.1 Å². The first-order chi connectivity index (χ1) is 22.7. The van der Waals surface area contributed by atoms with Crippen molar-refractivity contribution in [2.24, 2.45) is 0 Å². The van der Waals surface area contributed by atoms with Gasteiger partial charge in [-0.2, -0.15) is 0 Å². The van der Waals surface area contributed by atoms with Crippen molar-refractivity contribution in [3.63, 3.8) is 0 Å². The average Bonchev–Trinajstić information content (AvgIpc) is 3.06. The lowest BCUT2D eigenvalue weighted by Gasteiger charge is -2.34. The second-order valence-electron chi connectivity index (χ2n) is 11.2. The number of nitrogens with zero attached hydrogens (tertiary/aromatic N) is 2. The second-order valence-corrected chi connectivity index (χ2v) is 14.8. The number of ether oxygens (including phenoxy) is 3. The summed E-state index contributed by atoms with van der Waals surface area (Å²) in [6, 6.07) is 15.5. The van der Waals surface area contributed by atoms with Crippen LogP contribution in [0.15, 0.2) is 65.6 Å². The molecule has 14 nitrogen and oxygen atoms in total. The molecule has 0 saturated carbocycles. The SMILES string of the molecule is CCOC(=O)CN(c1ccc(N2CCC(NC[C@H](O)c3ccc(O)c(NS(C)(=O)=O)c3)CC2)cc1)S(=O)(=O)c1ccc(OC)c(OC)c1. The highest BCUT2D eigenvalue weighted by atomic mass is 32.2. The van der Waals surface area contributed by atoms with Gasteiger partial charge in [-0.3, -0.25) is 13.8 Å². The van der Waals surface area contributed by atoms with Gasteiger partial charge in [0, 0.05) is 37.4 Å². The summed E-state index contributed by atoms with van der Waals surface area (Å²) in [5, 5.41) is 24.0. The Hall–Kier alpha value is -4.25. The van der Waals surface area contributed by atoms with Gasteiger partial charge in [-0.25, -0.2) is 16.8 Å². The van der Waals surface area contributed by atoms with Crippen LogP contribution in [0.5, 0.6) is 17.2 Å². The van der Waals surface area contributed by atoms with Crippen molar-refractivity contribution < 1.29 is 46.1 Å². The van der Waals surface area contributed by atoms with Crippen LogP contribution in [-0.2, 0) is 29.6 Å². The van der Waals surface area contributed by atoms with Gasteiger partial charge in [-0.1, -0.05) is 6.07 Å². The molecule has 1 atom stereocenters. The molecule has 1 aliphatic rings. The van der Waals surface area contributed by atoms with Crippen molar-refractivity contribution in [2.75, 3.05) is 67.2 Å². The number of anilines is 3. The summed E-state index contributed by atoms with van der Waals surface area (Å²) in [6.07, 6.45) is 1.59. The van der Waals surface area contributed by atoms with Gasteiger partial charge in [0.25, 0.3) is 10.0 Å². The van der Waals surface area contributed by atoms with Gasteiger partial charge in [0.05, 0.1) is 49.5 Å². The molecule has 0 amide bonds. The van der Waals surface area contributed by atoms with Crippen LogP contribution in [-0.4, -0.2) is 92.3 Å². The molecule has 0 bridgehead atoms. The third-order valence-corrected chi connectivity index (χ3v) is 10.2. The lowest BCUT2D eigenvalue weighted by atomic mass is 10.0. The van der Waals surface area contributed by atoms with Gasteiger partial charge in [-0.15, -0.1) is 0 Å². The van der Waals surface area contributed by atoms with Crippen molar-refractivity contribution in [3.05, 3.63) is 66.2 Å². The van der Waals surface area contributed by atoms with Gasteiger partial charge in [0.1, 0.15) is 12.3 Å². The molecule has 0 radical (unpaired) electrons. The largest absolute Gasteiger partial charge is 0.506 e. The normalized spacial score (nSPS) is 14.6. The number of carbonyl (C=O) groups is 1. The lowest BCUT2D eigenvalue weighted by Crippen LogP contribution is -2.43. The number of sulfonamides is 2. The van der Waals surface area contributed by atoms with Crippen molar-refractivity contribution in [1.82, 2.24) is 5.32 Å². The van der Waals surface area contributed by atoms with Crippen LogP contribution in [0.3, 0.4) is 0 Å². The highest BCUT2D eigenvalue weighted by Gasteiger charge is 2.29. The fourth-order valence-electron chi connectivity index (χ4n) is 5.35. The highest BCUT2D eigenvalue weighted by Crippen LogP contribution is 2.33. The summed E-state index contributed by atoms with van der Waals surface area (Å²) in [6.45, 7) is 2.86. The number of nitrogens with one attached hydrogen (secondary N) is 2. The molecule has 3 aromatic carbocycles. The van der Waals surface area contributed by atoms with E-state index in [1.807, 2.05) is 12.1 Å². The minimum absolute atomic E-state index is 0.00375. The van der Waals surface area contributed by atoms with Crippen LogP contribution in [0, 0.1) is 0 Å². The number of aliphatic hydroxyl groups excluding tert-OH is 1. The molecule has 1 fully saturated rings. The molecule has 1 saturated heterocycles. The van der Waals surface area contributed by atoms with E-state index in [4.69, 9.17) is 14.2 Å². The number of piperidine rings is 1. The molecule has 262 valence electrons. The van der Waals surface area contributed by atoms with E-state index in [9.17, 15) is 31.8 Å². The third kappa shape index (κ3) is 9.21. The zero-order chi connectivity index (χ0) is 35.1. The molecule has 0 aromatic heterocycles. The predicted octanol–water partition coefficient (Wildman–Crippen LogP) is 2.83. The number of phenolic OH excluding ortho intramolecular Hbond substituents is 1. The topological polar surface area (TPSA) is 184 Å². The number of methoxy groups -OCH3 is 2. The number of aliphatic hydroxyl groups is 1. The Bertz CT molecular complexity index is 1780. The smallest absolute Gasteiger partial charge is 0.326 e. The maximum Gasteiger partial charge on any atom is 0.326 e. The summed E-state index contributed by atoms with van der Waals surface area (Å²) in [5.41, 5.74) is 1.62. The van der Waals surface area contributed by atoms with E-state index >= 15 is 0 Å². The first-order valence-corrected chi connectivity index (χ1v) is 18.6. The minimum Gasteiger partial charge on any atom is -0.506 e. The zero-order valence-corrected chi connectivity index (χ0v) is 28.9. The van der Waals surface area contributed by atoms with Crippen LogP contribution in [0.25, 0.3) is 0 Å². The number of rotatable bonds is 15. The van der Waals surface area contributed by atoms with Crippen molar-refractivity contribution in [3.8, 4) is 17.2 Å². The first kappa shape index (κ1) is 36.6. The fourth-order valence-corrected chi connectivity index (χ4v) is 7.34. The fraction of sp³-hybridized carbons (Fsp3) is 0.406. The van der Waals surface area contributed by atoms with E-state index in [-0.39, 0.29) is 47.0 Å². The number of carbonyl (C=O) groups excluding carboxylic acids is 1. The summed E-state index contributed by atoms with van der Waals surface area (Å²) < 4.78 is 69.6. The number of esters is 1. The Balaban J connectivity index is 1.41. The monoisotopic (exact) mass is 706 g/mol. The standard InChI is InChI=1S/C32H42N4O10S2/c1-5-46-32(39)21-36(48(42,43)26-11-13-30(44-2)31(19-26)45-3)25-9-7-24(8-10-25)35-16-14-23(15-17-35)33-20-29(38)22-6-12-28(37)27(18-22)34-47(4,40)41/h6-13,18-19,23,29,33-34,37-38H,5,14-17,20-21H2,1-4H3/t29-/m0/s1. The maximum atomic E-state index is 13.8. The molecule has 1 heterocycles. The van der Waals surface area contributed by atoms with E-state index < -0.39 is 38.7 Å². The lowest BCUT2D eigenvalue weighted by molar-refractivity contribution is -0.141. The molecule has 16 heteroatoms. The number of hydrogen-bond donors (Lipinski definition) is 4. The van der Waals surface area contributed by atoms with E-state index in [0.29, 0.717) is 24.4 Å². The maximum absolute atomic E-state index is 13.8. The minimum atomic E-state index is -4.20. The molecular formula is C32H42N4O10S2. The molecule has 0 spiro atoms. The molecule has 3 aromatic rings. The predicted molar refractivity (Wildman–Crippen MR) is 182 cm³/mol. The average molecular weight is 707 g/mol. The van der Waals surface area contributed by atoms with Gasteiger partial charge < -0.3 is 34.6 Å². The third-order valence-electron chi connectivity index (χ3n) is 7.82. The van der Waals surface area contributed by atoms with Gasteiger partial charge in [0.15, 0.2) is 11.5 Å². The van der Waals surface area contributed by atoms with Crippen molar-refractivity contribution in [1.29, 1.82) is 0 Å². The van der Waals surface area contributed by atoms with Gasteiger partial charge in [0.2, 0.25) is 10.0 Å². The Kier molecular flexibility index (Phi) is 12.0. The number of hydrogen-bond acceptors (Lipinski definition) is 12.